The van der Waals surface area contributed by atoms with E-state index in [2.05, 4.69) is 21.7 Å². The highest BCUT2D eigenvalue weighted by molar-refractivity contribution is 7.20. The first-order chi connectivity index (χ1) is 35.6. The minimum Gasteiger partial charge on any atom is -0.434 e. The summed E-state index contributed by atoms with van der Waals surface area (Å²) in [5.74, 6) is 1.44. The minimum absolute atomic E-state index is 0.600. The number of aromatic nitrogens is 2. The van der Waals surface area contributed by atoms with Crippen LogP contribution >= 0.6 is 0 Å². The molecule has 0 aliphatic heterocycles. The fourth-order valence-corrected chi connectivity index (χ4v) is 8.21. The number of benzene rings is 6. The van der Waals surface area contributed by atoms with E-state index in [9.17, 15) is 105 Å². The number of halogens is 24. The van der Waals surface area contributed by atoms with Crippen molar-refractivity contribution in [1.29, 1.82) is 0 Å². The van der Waals surface area contributed by atoms with Crippen LogP contribution in [0.5, 0.6) is 11.6 Å². The van der Waals surface area contributed by atoms with E-state index in [0.29, 0.717) is 5.88 Å². The number of hydrogen-bond acceptors (Lipinski definition) is 2. The molecule has 1 heterocycles. The Labute approximate surface area is 423 Å². The molecule has 28 heteroatoms. The molecule has 6 aromatic carbocycles. The van der Waals surface area contributed by atoms with Crippen LogP contribution in [0.15, 0.2) is 146 Å². The lowest BCUT2D eigenvalue weighted by molar-refractivity contribution is -0.689. The predicted octanol–water partition coefficient (Wildman–Crippen LogP) is 14.7. The Hall–Kier alpha value is -7.42. The average molecular weight is 1140 g/mol. The molecule has 0 bridgehead atoms. The summed E-state index contributed by atoms with van der Waals surface area (Å²) < 4.78 is 349. The van der Waals surface area contributed by atoms with Crippen LogP contribution in [0.1, 0.15) is 55.6 Å². The molecule has 1 aromatic heterocycles. The van der Waals surface area contributed by atoms with Gasteiger partial charge in [-0.2, -0.15) is 132 Å². The maximum atomic E-state index is 14.2. The maximum Gasteiger partial charge on any atom is 0.416 e. The molecule has 0 fully saturated rings. The number of alkyl halides is 24. The molecule has 0 N–H and O–H groups in total. The zero-order valence-electron chi connectivity index (χ0n) is 38.5. The Morgan fingerprint density at radius 3 is 0.949 bits per heavy atom. The van der Waals surface area contributed by atoms with Crippen LogP contribution in [0, 0.1) is 6.92 Å². The van der Waals surface area contributed by atoms with Crippen molar-refractivity contribution in [3.8, 4) is 11.6 Å². The number of rotatable bonds is 8. The van der Waals surface area contributed by atoms with Gasteiger partial charge in [0.05, 0.1) is 50.7 Å². The smallest absolute Gasteiger partial charge is 0.416 e. The van der Waals surface area contributed by atoms with E-state index in [1.807, 2.05) is 61.8 Å². The van der Waals surface area contributed by atoms with Crippen LogP contribution < -0.4 is 31.2 Å². The third-order valence-corrected chi connectivity index (χ3v) is 11.7. The summed E-state index contributed by atoms with van der Waals surface area (Å²) in [6.07, 6.45) is -49.2. The van der Waals surface area contributed by atoms with Crippen LogP contribution in [0.3, 0.4) is 0 Å². The van der Waals surface area contributed by atoms with Crippen LogP contribution in [0.4, 0.5) is 105 Å². The van der Waals surface area contributed by atoms with Crippen molar-refractivity contribution < 1.29 is 115 Å². The molecular weight excluding hydrogens is 1110 g/mol. The normalized spacial score (nSPS) is 13.2. The lowest BCUT2D eigenvalue weighted by atomic mass is 9.12. The Balaban J connectivity index is 0.000000387. The Kier molecular flexibility index (Phi) is 16.2. The van der Waals surface area contributed by atoms with E-state index in [0.717, 1.165) is 17.9 Å². The topological polar surface area (TPSA) is 26.0 Å². The van der Waals surface area contributed by atoms with Crippen LogP contribution in [-0.2, 0) is 56.0 Å². The van der Waals surface area contributed by atoms with Gasteiger partial charge in [0.1, 0.15) is 11.9 Å². The van der Waals surface area contributed by atoms with Crippen LogP contribution in [-0.4, -0.2) is 11.1 Å². The van der Waals surface area contributed by atoms with Gasteiger partial charge in [-0.05, 0) is 42.8 Å². The Morgan fingerprint density at radius 1 is 0.385 bits per heavy atom. The summed E-state index contributed by atoms with van der Waals surface area (Å²) in [5.41, 5.74) is -27.9. The van der Waals surface area contributed by atoms with Gasteiger partial charge in [0.2, 0.25) is 6.20 Å². The summed E-state index contributed by atoms with van der Waals surface area (Å²) in [5, 5.41) is 0. The summed E-state index contributed by atoms with van der Waals surface area (Å²) in [7, 11) is 0. The lowest BCUT2D eigenvalue weighted by Crippen LogP contribution is -2.75. The lowest BCUT2D eigenvalue weighted by Gasteiger charge is -2.46. The van der Waals surface area contributed by atoms with E-state index in [4.69, 9.17) is 4.74 Å². The molecule has 78 heavy (non-hydrogen) atoms. The monoisotopic (exact) mass is 1140 g/mol. The third kappa shape index (κ3) is 14.0. The quantitative estimate of drug-likeness (QED) is 0.0861. The highest BCUT2D eigenvalue weighted by Gasteiger charge is 2.47. The van der Waals surface area contributed by atoms with E-state index in [-0.39, 0.29) is 0 Å². The van der Waals surface area contributed by atoms with Gasteiger partial charge in [-0.1, -0.05) is 97.1 Å². The van der Waals surface area contributed by atoms with Gasteiger partial charge >= 0.3 is 49.4 Å². The number of ether oxygens (including phenoxy) is 1. The number of nitrogens with zero attached hydrogens (tertiary/aromatic N) is 2. The second kappa shape index (κ2) is 21.1. The average Bonchev–Trinajstić information content (AvgIpc) is 3.35. The first-order valence-electron chi connectivity index (χ1n) is 21.6. The van der Waals surface area contributed by atoms with Gasteiger partial charge < -0.3 is 4.74 Å². The molecule has 0 saturated carbocycles. The van der Waals surface area contributed by atoms with Crippen molar-refractivity contribution in [1.82, 2.24) is 4.98 Å². The summed E-state index contributed by atoms with van der Waals surface area (Å²) in [6, 6.07) is 9.44. The number of hydrogen-bond donors (Lipinski definition) is 0. The standard InChI is InChI=1S/C32H12BF24.C18H17N2O/c34-25(35,36)13-1-14(26(37,38)39)6-21(5-13)33(22-7-15(27(40,41)42)2-16(8-22)28(43,44)45,23-9-17(29(46,47)48)3-18(10-23)30(49,50)51)24-11-19(31(52,53)54)4-20(12-24)32(55,56)57;1-15-7-5-6-10-17(15)21-18-14-20(12-11-19-18)13-16-8-3-2-4-9-16/h1-12H;2-12,14H,13H2,1H3/q-1;+1. The minimum atomic E-state index is -6.13. The predicted molar refractivity (Wildman–Crippen MR) is 231 cm³/mol. The van der Waals surface area contributed by atoms with Crippen molar-refractivity contribution in [2.24, 2.45) is 0 Å². The molecule has 7 aromatic rings. The molecule has 0 saturated heterocycles. The largest absolute Gasteiger partial charge is 0.434 e. The van der Waals surface area contributed by atoms with Gasteiger partial charge in [0.15, 0.2) is 12.7 Å². The molecule has 0 atom stereocenters. The third-order valence-electron chi connectivity index (χ3n) is 11.7. The fourth-order valence-electron chi connectivity index (χ4n) is 8.21. The SMILES string of the molecule is Cc1ccccc1Oc1c[n+](Cc2ccccc2)ccn1.FC(F)(F)c1cc([B-](c2cc(C(F)(F)F)cc(C(F)(F)F)c2)(c2cc(C(F)(F)F)cc(C(F)(F)F)c2)c2cc(C(F)(F)F)cc(C(F)(F)F)c2)cc(C(F)(F)F)c1. The van der Waals surface area contributed by atoms with Gasteiger partial charge in [-0.3, -0.25) is 0 Å². The highest BCUT2D eigenvalue weighted by Crippen LogP contribution is 2.41. The zero-order chi connectivity index (χ0) is 58.4. The first kappa shape index (κ1) is 59.8. The van der Waals surface area contributed by atoms with Gasteiger partial charge in [0, 0.05) is 5.56 Å². The second-order valence-corrected chi connectivity index (χ2v) is 17.1. The molecule has 3 nitrogen and oxygen atoms in total. The fraction of sp³-hybridized carbons (Fsp3) is 0.200. The van der Waals surface area contributed by atoms with E-state index in [1.54, 1.807) is 6.20 Å². The van der Waals surface area contributed by atoms with Crippen molar-refractivity contribution in [2.45, 2.75) is 62.9 Å². The zero-order valence-corrected chi connectivity index (χ0v) is 38.5. The van der Waals surface area contributed by atoms with Crippen LogP contribution in [0.25, 0.3) is 0 Å². The molecule has 0 spiro atoms. The van der Waals surface area contributed by atoms with Crippen molar-refractivity contribution in [2.75, 3.05) is 0 Å². The van der Waals surface area contributed by atoms with Gasteiger partial charge in [0.25, 0.3) is 5.88 Å². The van der Waals surface area contributed by atoms with Crippen molar-refractivity contribution in [3.05, 3.63) is 202 Å². The van der Waals surface area contributed by atoms with Gasteiger partial charge in [-0.25, -0.2) is 4.98 Å². The Morgan fingerprint density at radius 2 is 0.667 bits per heavy atom. The Bertz CT molecular complexity index is 2820. The van der Waals surface area contributed by atoms with E-state index >= 15 is 0 Å². The molecule has 416 valence electrons. The van der Waals surface area contributed by atoms with Crippen molar-refractivity contribution in [3.63, 3.8) is 0 Å². The molecule has 0 aliphatic rings. The van der Waals surface area contributed by atoms with E-state index in [1.165, 1.54) is 5.56 Å². The molecular formula is C50H29BF24N2O. The molecule has 0 radical (unpaired) electrons. The second-order valence-electron chi connectivity index (χ2n) is 17.1. The number of para-hydroxylation sites is 1. The molecule has 0 unspecified atom stereocenters. The van der Waals surface area contributed by atoms with Crippen molar-refractivity contribution >= 4 is 28.0 Å². The molecule has 0 aliphatic carbocycles. The van der Waals surface area contributed by atoms with E-state index < -0.39 is 195 Å². The summed E-state index contributed by atoms with van der Waals surface area (Å²) in [4.78, 5) is 4.27. The maximum absolute atomic E-state index is 14.2. The summed E-state index contributed by atoms with van der Waals surface area (Å²) >= 11 is 0. The molecule has 0 amide bonds. The number of aryl methyl sites for hydroxylation is 1. The van der Waals surface area contributed by atoms with Gasteiger partial charge in [-0.15, -0.1) is 0 Å². The van der Waals surface area contributed by atoms with Crippen LogP contribution in [0.2, 0.25) is 0 Å². The first-order valence-corrected chi connectivity index (χ1v) is 21.6. The summed E-state index contributed by atoms with van der Waals surface area (Å²) in [6.45, 7) is 2.82. The molecule has 7 rings (SSSR count). The highest BCUT2D eigenvalue weighted by atomic mass is 19.4.